The van der Waals surface area contributed by atoms with Gasteiger partial charge in [-0.3, -0.25) is 14.9 Å². The van der Waals surface area contributed by atoms with E-state index in [1.54, 1.807) is 0 Å². The zero-order valence-corrected chi connectivity index (χ0v) is 19.4. The summed E-state index contributed by atoms with van der Waals surface area (Å²) >= 11 is 0. The highest BCUT2D eigenvalue weighted by Gasteiger charge is 2.37. The van der Waals surface area contributed by atoms with Gasteiger partial charge in [0.05, 0.1) is 12.2 Å². The minimum atomic E-state index is -0.885. The number of halogens is 1. The maximum Gasteiger partial charge on any atom is 0.335 e. The summed E-state index contributed by atoms with van der Waals surface area (Å²) in [6.45, 7) is 2.95. The molecular formula is C28H22FN3O4. The third kappa shape index (κ3) is 4.36. The van der Waals surface area contributed by atoms with E-state index in [-0.39, 0.29) is 11.3 Å². The molecule has 1 aliphatic rings. The van der Waals surface area contributed by atoms with Gasteiger partial charge in [-0.05, 0) is 55.0 Å². The monoisotopic (exact) mass is 483 g/mol. The second-order valence-corrected chi connectivity index (χ2v) is 8.34. The van der Waals surface area contributed by atoms with E-state index in [1.807, 2.05) is 66.2 Å². The van der Waals surface area contributed by atoms with Crippen LogP contribution in [0.4, 0.5) is 14.9 Å². The van der Waals surface area contributed by atoms with Crippen molar-refractivity contribution < 1.29 is 23.5 Å². The fraction of sp³-hybridized carbons (Fsp3) is 0.107. The zero-order chi connectivity index (χ0) is 25.2. The number of carbonyl (C=O) groups is 3. The fourth-order valence-electron chi connectivity index (χ4n) is 4.19. The van der Waals surface area contributed by atoms with Crippen LogP contribution in [0.25, 0.3) is 17.0 Å². The summed E-state index contributed by atoms with van der Waals surface area (Å²) in [5, 5.41) is 3.03. The van der Waals surface area contributed by atoms with E-state index in [4.69, 9.17) is 4.74 Å². The summed E-state index contributed by atoms with van der Waals surface area (Å²) in [4.78, 5) is 39.0. The molecule has 1 N–H and O–H groups in total. The molecule has 1 aromatic heterocycles. The second kappa shape index (κ2) is 9.50. The van der Waals surface area contributed by atoms with E-state index in [9.17, 15) is 18.8 Å². The molecule has 2 heterocycles. The molecular weight excluding hydrogens is 461 g/mol. The lowest BCUT2D eigenvalue weighted by Crippen LogP contribution is -2.54. The lowest BCUT2D eigenvalue weighted by atomic mass is 10.1. The molecule has 36 heavy (non-hydrogen) atoms. The molecule has 1 aliphatic heterocycles. The summed E-state index contributed by atoms with van der Waals surface area (Å²) < 4.78 is 21.3. The van der Waals surface area contributed by atoms with Crippen molar-refractivity contribution in [3.8, 4) is 5.75 Å². The molecule has 0 spiro atoms. The minimum absolute atomic E-state index is 0.160. The van der Waals surface area contributed by atoms with E-state index in [0.29, 0.717) is 18.7 Å². The van der Waals surface area contributed by atoms with Gasteiger partial charge in [0.25, 0.3) is 11.8 Å². The number of benzene rings is 3. The Hall–Kier alpha value is -4.72. The normalized spacial score (nSPS) is 15.0. The minimum Gasteiger partial charge on any atom is -0.491 e. The fourth-order valence-corrected chi connectivity index (χ4v) is 4.19. The molecule has 180 valence electrons. The van der Waals surface area contributed by atoms with Gasteiger partial charge in [-0.15, -0.1) is 0 Å². The van der Waals surface area contributed by atoms with Crippen molar-refractivity contribution in [2.75, 3.05) is 11.5 Å². The zero-order valence-electron chi connectivity index (χ0n) is 19.4. The van der Waals surface area contributed by atoms with E-state index in [0.717, 1.165) is 39.2 Å². The number of fused-ring (bicyclic) bond motifs is 1. The predicted octanol–water partition coefficient (Wildman–Crippen LogP) is 4.83. The Kier molecular flexibility index (Phi) is 6.08. The third-order valence-corrected chi connectivity index (χ3v) is 5.99. The van der Waals surface area contributed by atoms with Crippen LogP contribution >= 0.6 is 0 Å². The van der Waals surface area contributed by atoms with Gasteiger partial charge in [0.15, 0.2) is 0 Å². The second-order valence-electron chi connectivity index (χ2n) is 8.34. The topological polar surface area (TPSA) is 80.6 Å². The Morgan fingerprint density at radius 2 is 1.67 bits per heavy atom. The third-order valence-electron chi connectivity index (χ3n) is 5.99. The van der Waals surface area contributed by atoms with Gasteiger partial charge in [0.2, 0.25) is 0 Å². The van der Waals surface area contributed by atoms with Crippen LogP contribution in [-0.2, 0) is 16.1 Å². The molecule has 4 aromatic rings. The number of imide groups is 2. The van der Waals surface area contributed by atoms with Gasteiger partial charge < -0.3 is 9.30 Å². The number of anilines is 1. The summed E-state index contributed by atoms with van der Waals surface area (Å²) in [6, 6.07) is 19.4. The predicted molar refractivity (Wildman–Crippen MR) is 134 cm³/mol. The van der Waals surface area contributed by atoms with Gasteiger partial charge in [-0.25, -0.2) is 14.1 Å². The Balaban J connectivity index is 1.45. The van der Waals surface area contributed by atoms with Gasteiger partial charge in [0, 0.05) is 22.7 Å². The number of para-hydroxylation sites is 2. The first-order valence-electron chi connectivity index (χ1n) is 11.4. The lowest BCUT2D eigenvalue weighted by molar-refractivity contribution is -0.122. The van der Waals surface area contributed by atoms with Crippen molar-refractivity contribution in [3.63, 3.8) is 0 Å². The van der Waals surface area contributed by atoms with Crippen molar-refractivity contribution in [1.29, 1.82) is 0 Å². The number of ether oxygens (including phenoxy) is 1. The number of carbonyl (C=O) groups excluding carboxylic acids is 3. The first-order valence-corrected chi connectivity index (χ1v) is 11.4. The lowest BCUT2D eigenvalue weighted by Gasteiger charge is -2.26. The largest absolute Gasteiger partial charge is 0.491 e. The Morgan fingerprint density at radius 3 is 2.44 bits per heavy atom. The summed E-state index contributed by atoms with van der Waals surface area (Å²) in [7, 11) is 0. The number of nitrogens with zero attached hydrogens (tertiary/aromatic N) is 2. The Morgan fingerprint density at radius 1 is 0.944 bits per heavy atom. The molecule has 3 aromatic carbocycles. The number of amides is 4. The van der Waals surface area contributed by atoms with Crippen LogP contribution in [0, 0.1) is 12.7 Å². The molecule has 8 heteroatoms. The molecule has 5 rings (SSSR count). The maximum absolute atomic E-state index is 13.3. The Bertz CT molecular complexity index is 1520. The van der Waals surface area contributed by atoms with Crippen LogP contribution in [0.15, 0.2) is 84.6 Å². The van der Waals surface area contributed by atoms with Gasteiger partial charge in [0.1, 0.15) is 23.7 Å². The van der Waals surface area contributed by atoms with E-state index >= 15 is 0 Å². The average Bonchev–Trinajstić information content (AvgIpc) is 3.21. The number of rotatable bonds is 6. The number of nitrogens with one attached hydrogen (secondary N) is 1. The number of hydrogen-bond donors (Lipinski definition) is 1. The number of aromatic nitrogens is 1. The molecule has 1 fully saturated rings. The van der Waals surface area contributed by atoms with Crippen LogP contribution < -0.4 is 15.0 Å². The number of barbiturate groups is 1. The van der Waals surface area contributed by atoms with Crippen LogP contribution in [-0.4, -0.2) is 29.0 Å². The van der Waals surface area contributed by atoms with Crippen LogP contribution in [0.5, 0.6) is 5.75 Å². The molecule has 0 aliphatic carbocycles. The maximum atomic E-state index is 13.3. The van der Waals surface area contributed by atoms with Crippen LogP contribution in [0.1, 0.15) is 11.1 Å². The molecule has 0 unspecified atom stereocenters. The highest BCUT2D eigenvalue weighted by Crippen LogP contribution is 2.27. The average molecular weight is 483 g/mol. The van der Waals surface area contributed by atoms with Crippen molar-refractivity contribution >= 4 is 40.5 Å². The highest BCUT2D eigenvalue weighted by molar-refractivity contribution is 6.39. The molecule has 0 atom stereocenters. The molecule has 7 nitrogen and oxygen atoms in total. The van der Waals surface area contributed by atoms with Crippen molar-refractivity contribution in [1.82, 2.24) is 9.88 Å². The number of hydrogen-bond acceptors (Lipinski definition) is 4. The quantitative estimate of drug-likeness (QED) is 0.315. The van der Waals surface area contributed by atoms with Crippen molar-refractivity contribution in [2.45, 2.75) is 13.5 Å². The molecule has 0 bridgehead atoms. The molecule has 1 saturated heterocycles. The van der Waals surface area contributed by atoms with Gasteiger partial charge in [-0.2, -0.15) is 0 Å². The van der Waals surface area contributed by atoms with Gasteiger partial charge in [-0.1, -0.05) is 36.4 Å². The van der Waals surface area contributed by atoms with Crippen LogP contribution in [0.2, 0.25) is 0 Å². The van der Waals surface area contributed by atoms with Crippen molar-refractivity contribution in [2.24, 2.45) is 0 Å². The molecule has 4 amide bonds. The summed E-state index contributed by atoms with van der Waals surface area (Å²) in [6.07, 6.45) is 3.32. The van der Waals surface area contributed by atoms with Crippen LogP contribution in [0.3, 0.4) is 0 Å². The first kappa shape index (κ1) is 23.0. The number of urea groups is 1. The van der Waals surface area contributed by atoms with E-state index in [1.165, 1.54) is 18.2 Å². The molecule has 0 saturated carbocycles. The van der Waals surface area contributed by atoms with Crippen molar-refractivity contribution in [3.05, 3.63) is 102 Å². The SMILES string of the molecule is Cc1ccccc1OCCn1cc(/C=C2/C(=O)NC(=O)N(c3ccc(F)cc3)C2=O)c2ccccc21. The van der Waals surface area contributed by atoms with Gasteiger partial charge >= 0.3 is 6.03 Å². The summed E-state index contributed by atoms with van der Waals surface area (Å²) in [5.74, 6) is -1.26. The highest BCUT2D eigenvalue weighted by atomic mass is 19.1. The van der Waals surface area contributed by atoms with E-state index < -0.39 is 23.7 Å². The first-order chi connectivity index (χ1) is 17.4. The van der Waals surface area contributed by atoms with E-state index in [2.05, 4.69) is 5.32 Å². The summed E-state index contributed by atoms with van der Waals surface area (Å²) in [5.41, 5.74) is 2.56. The smallest absolute Gasteiger partial charge is 0.335 e. The molecule has 0 radical (unpaired) electrons. The Labute approximate surface area is 206 Å². The number of aryl methyl sites for hydroxylation is 1. The standard InChI is InChI=1S/C28H22FN3O4/c1-18-6-2-5-9-25(18)36-15-14-31-17-19(22-7-3-4-8-24(22)31)16-23-26(33)30-28(35)32(27(23)34)21-12-10-20(29)11-13-21/h2-13,16-17H,14-15H2,1H3,(H,30,33,35)/b23-16-.